The molecule has 2 unspecified atom stereocenters. The van der Waals surface area contributed by atoms with E-state index in [2.05, 4.69) is 22.1 Å². The Morgan fingerprint density at radius 3 is 2.95 bits per heavy atom. The van der Waals surface area contributed by atoms with Gasteiger partial charge >= 0.3 is 0 Å². The highest BCUT2D eigenvalue weighted by atomic mass is 16.3. The van der Waals surface area contributed by atoms with E-state index in [4.69, 9.17) is 0 Å². The van der Waals surface area contributed by atoms with Gasteiger partial charge in [-0.3, -0.25) is 9.97 Å². The van der Waals surface area contributed by atoms with Crippen LogP contribution >= 0.6 is 0 Å². The molecule has 0 saturated heterocycles. The van der Waals surface area contributed by atoms with E-state index in [1.54, 1.807) is 6.20 Å². The van der Waals surface area contributed by atoms with Crippen LogP contribution in [0.4, 0.5) is 0 Å². The van der Waals surface area contributed by atoms with E-state index < -0.39 is 6.10 Å². The van der Waals surface area contributed by atoms with Crippen LogP contribution < -0.4 is 0 Å². The van der Waals surface area contributed by atoms with Crippen molar-refractivity contribution in [3.05, 3.63) is 58.7 Å². The Morgan fingerprint density at radius 2 is 2.16 bits per heavy atom. The van der Waals surface area contributed by atoms with Gasteiger partial charge in [0.15, 0.2) is 0 Å². The predicted molar refractivity (Wildman–Crippen MR) is 74.0 cm³/mol. The first-order valence-electron chi connectivity index (χ1n) is 6.72. The Morgan fingerprint density at radius 1 is 1.32 bits per heavy atom. The first-order chi connectivity index (χ1) is 9.16. The van der Waals surface area contributed by atoms with Gasteiger partial charge in [-0.1, -0.05) is 12.1 Å². The summed E-state index contributed by atoms with van der Waals surface area (Å²) in [6, 6.07) is 6.13. The SMILES string of the molecule is Cc1cnc(C(O)C2CCc3cccnc32)c(C)c1. The average molecular weight is 254 g/mol. The molecule has 3 heteroatoms. The molecule has 2 aromatic heterocycles. The van der Waals surface area contributed by atoms with E-state index >= 15 is 0 Å². The molecule has 19 heavy (non-hydrogen) atoms. The Bertz CT molecular complexity index is 609. The molecule has 0 amide bonds. The molecule has 98 valence electrons. The fraction of sp³-hybridized carbons (Fsp3) is 0.375. The van der Waals surface area contributed by atoms with Gasteiger partial charge in [-0.15, -0.1) is 0 Å². The lowest BCUT2D eigenvalue weighted by Crippen LogP contribution is -2.12. The summed E-state index contributed by atoms with van der Waals surface area (Å²) in [4.78, 5) is 8.86. The van der Waals surface area contributed by atoms with Crippen molar-refractivity contribution in [1.29, 1.82) is 0 Å². The lowest BCUT2D eigenvalue weighted by molar-refractivity contribution is 0.138. The maximum atomic E-state index is 10.6. The van der Waals surface area contributed by atoms with Crippen molar-refractivity contribution >= 4 is 0 Å². The molecule has 2 heterocycles. The topological polar surface area (TPSA) is 46.0 Å². The van der Waals surface area contributed by atoms with Gasteiger partial charge in [-0.25, -0.2) is 0 Å². The van der Waals surface area contributed by atoms with Gasteiger partial charge in [0.05, 0.1) is 5.69 Å². The number of pyridine rings is 2. The first-order valence-corrected chi connectivity index (χ1v) is 6.72. The number of aliphatic hydroxyl groups excluding tert-OH is 1. The number of hydrogen-bond acceptors (Lipinski definition) is 3. The van der Waals surface area contributed by atoms with E-state index in [1.165, 1.54) is 5.56 Å². The quantitative estimate of drug-likeness (QED) is 0.896. The van der Waals surface area contributed by atoms with Gasteiger partial charge < -0.3 is 5.11 Å². The van der Waals surface area contributed by atoms with Crippen molar-refractivity contribution in [1.82, 2.24) is 9.97 Å². The number of aromatic nitrogens is 2. The van der Waals surface area contributed by atoms with Crippen molar-refractivity contribution in [3.8, 4) is 0 Å². The molecule has 0 aliphatic heterocycles. The fourth-order valence-corrected chi connectivity index (χ4v) is 2.98. The van der Waals surface area contributed by atoms with Crippen molar-refractivity contribution in [2.24, 2.45) is 0 Å². The minimum atomic E-state index is -0.559. The zero-order valence-corrected chi connectivity index (χ0v) is 11.3. The summed E-state index contributed by atoms with van der Waals surface area (Å²) in [6.45, 7) is 4.02. The molecule has 0 spiro atoms. The first kappa shape index (κ1) is 12.3. The van der Waals surface area contributed by atoms with Crippen LogP contribution in [0.5, 0.6) is 0 Å². The zero-order valence-electron chi connectivity index (χ0n) is 11.3. The fourth-order valence-electron chi connectivity index (χ4n) is 2.98. The number of aryl methyl sites for hydroxylation is 3. The maximum Gasteiger partial charge on any atom is 0.105 e. The monoisotopic (exact) mass is 254 g/mol. The molecule has 0 saturated carbocycles. The second-order valence-electron chi connectivity index (χ2n) is 5.35. The molecule has 2 atom stereocenters. The Labute approximate surface area is 113 Å². The highest BCUT2D eigenvalue weighted by Gasteiger charge is 2.32. The minimum Gasteiger partial charge on any atom is -0.386 e. The summed E-state index contributed by atoms with van der Waals surface area (Å²) in [5.74, 6) is 0.0742. The summed E-state index contributed by atoms with van der Waals surface area (Å²) in [7, 11) is 0. The van der Waals surface area contributed by atoms with Crippen LogP contribution in [0.3, 0.4) is 0 Å². The third-order valence-electron chi connectivity index (χ3n) is 3.92. The van der Waals surface area contributed by atoms with Crippen molar-refractivity contribution in [2.45, 2.75) is 38.7 Å². The van der Waals surface area contributed by atoms with Crippen LogP contribution in [0.1, 0.15) is 46.5 Å². The van der Waals surface area contributed by atoms with E-state index in [9.17, 15) is 5.11 Å². The highest BCUT2D eigenvalue weighted by Crippen LogP contribution is 2.40. The van der Waals surface area contributed by atoms with Gasteiger partial charge in [-0.2, -0.15) is 0 Å². The summed E-state index contributed by atoms with van der Waals surface area (Å²) in [5.41, 5.74) is 5.26. The maximum absolute atomic E-state index is 10.6. The number of fused-ring (bicyclic) bond motifs is 1. The summed E-state index contributed by atoms with van der Waals surface area (Å²) < 4.78 is 0. The lowest BCUT2D eigenvalue weighted by Gasteiger charge is -2.19. The van der Waals surface area contributed by atoms with Crippen LogP contribution in [0.25, 0.3) is 0 Å². The molecule has 1 N–H and O–H groups in total. The molecule has 3 rings (SSSR count). The highest BCUT2D eigenvalue weighted by molar-refractivity contribution is 5.33. The van der Waals surface area contributed by atoms with Crippen LogP contribution in [-0.2, 0) is 6.42 Å². The van der Waals surface area contributed by atoms with Crippen molar-refractivity contribution in [2.75, 3.05) is 0 Å². The molecule has 0 aromatic carbocycles. The van der Waals surface area contributed by atoms with E-state index in [1.807, 2.05) is 26.1 Å². The average Bonchev–Trinajstić information content (AvgIpc) is 2.82. The largest absolute Gasteiger partial charge is 0.386 e. The Balaban J connectivity index is 1.95. The molecule has 1 aliphatic carbocycles. The van der Waals surface area contributed by atoms with Crippen molar-refractivity contribution < 1.29 is 5.11 Å². The van der Waals surface area contributed by atoms with Gasteiger partial charge in [-0.05, 0) is 49.4 Å². The van der Waals surface area contributed by atoms with E-state index in [0.717, 1.165) is 35.4 Å². The summed E-state index contributed by atoms with van der Waals surface area (Å²) >= 11 is 0. The normalized spacial score (nSPS) is 19.2. The molecule has 0 radical (unpaired) electrons. The summed E-state index contributed by atoms with van der Waals surface area (Å²) in [5, 5.41) is 10.6. The molecule has 3 nitrogen and oxygen atoms in total. The smallest absolute Gasteiger partial charge is 0.105 e. The number of hydrogen-bond donors (Lipinski definition) is 1. The van der Waals surface area contributed by atoms with Crippen LogP contribution in [0.2, 0.25) is 0 Å². The molecular weight excluding hydrogens is 236 g/mol. The van der Waals surface area contributed by atoms with Crippen molar-refractivity contribution in [3.63, 3.8) is 0 Å². The second kappa shape index (κ2) is 4.74. The molecule has 0 fully saturated rings. The third-order valence-corrected chi connectivity index (χ3v) is 3.92. The van der Waals surface area contributed by atoms with Crippen LogP contribution in [-0.4, -0.2) is 15.1 Å². The van der Waals surface area contributed by atoms with Gasteiger partial charge in [0.2, 0.25) is 0 Å². The van der Waals surface area contributed by atoms with Gasteiger partial charge in [0, 0.05) is 24.0 Å². The Hall–Kier alpha value is -1.74. The number of aliphatic hydroxyl groups is 1. The molecule has 1 aliphatic rings. The predicted octanol–water partition coefficient (Wildman–Crippen LogP) is 2.86. The minimum absolute atomic E-state index is 0.0742. The van der Waals surface area contributed by atoms with Gasteiger partial charge in [0.25, 0.3) is 0 Å². The Kier molecular flexibility index (Phi) is 3.07. The standard InChI is InChI=1S/C16H18N2O/c1-10-8-11(2)14(18-9-10)16(19)13-6-5-12-4-3-7-17-15(12)13/h3-4,7-9,13,16,19H,5-6H2,1-2H3. The second-order valence-corrected chi connectivity index (χ2v) is 5.35. The van der Waals surface area contributed by atoms with Crippen LogP contribution in [0, 0.1) is 13.8 Å². The molecule has 2 aromatic rings. The third kappa shape index (κ3) is 2.15. The zero-order chi connectivity index (χ0) is 13.4. The number of nitrogens with zero attached hydrogens (tertiary/aromatic N) is 2. The molecular formula is C16H18N2O. The van der Waals surface area contributed by atoms with Crippen LogP contribution in [0.15, 0.2) is 30.6 Å². The lowest BCUT2D eigenvalue weighted by atomic mass is 9.94. The van der Waals surface area contributed by atoms with Gasteiger partial charge in [0.1, 0.15) is 6.10 Å². The van der Waals surface area contributed by atoms with E-state index in [-0.39, 0.29) is 5.92 Å². The number of rotatable bonds is 2. The van der Waals surface area contributed by atoms with E-state index in [0.29, 0.717) is 0 Å². The summed E-state index contributed by atoms with van der Waals surface area (Å²) in [6.07, 6.45) is 5.01. The molecule has 0 bridgehead atoms.